The number of aryl methyl sites for hydroxylation is 1. The molecule has 3 nitrogen and oxygen atoms in total. The number of hydrogen-bond acceptors (Lipinski definition) is 3. The first kappa shape index (κ1) is 16.1. The summed E-state index contributed by atoms with van der Waals surface area (Å²) in [7, 11) is 0. The second kappa shape index (κ2) is 7.10. The van der Waals surface area contributed by atoms with Gasteiger partial charge in [-0.15, -0.1) is 0 Å². The van der Waals surface area contributed by atoms with Crippen LogP contribution in [-0.2, 0) is 6.42 Å². The molecule has 1 heterocycles. The SMILES string of the molecule is CCc1c(C(C)NCC(O)CC(C)C)oc2ccccc12. The fourth-order valence-corrected chi connectivity index (χ4v) is 2.87. The van der Waals surface area contributed by atoms with E-state index in [0.717, 1.165) is 24.2 Å². The summed E-state index contributed by atoms with van der Waals surface area (Å²) < 4.78 is 6.02. The number of hydrogen-bond donors (Lipinski definition) is 2. The highest BCUT2D eigenvalue weighted by Crippen LogP contribution is 2.30. The van der Waals surface area contributed by atoms with Crippen molar-refractivity contribution in [1.82, 2.24) is 5.32 Å². The Morgan fingerprint density at radius 2 is 1.90 bits per heavy atom. The third-order valence-electron chi connectivity index (χ3n) is 3.88. The van der Waals surface area contributed by atoms with E-state index in [9.17, 15) is 5.11 Å². The van der Waals surface area contributed by atoms with E-state index in [-0.39, 0.29) is 12.1 Å². The number of benzene rings is 1. The molecule has 0 saturated carbocycles. The van der Waals surface area contributed by atoms with E-state index < -0.39 is 0 Å². The Morgan fingerprint density at radius 3 is 2.57 bits per heavy atom. The van der Waals surface area contributed by atoms with Gasteiger partial charge in [0.05, 0.1) is 12.1 Å². The fourth-order valence-electron chi connectivity index (χ4n) is 2.87. The first-order valence-corrected chi connectivity index (χ1v) is 7.94. The number of aliphatic hydroxyl groups excluding tert-OH is 1. The van der Waals surface area contributed by atoms with Gasteiger partial charge in [-0.1, -0.05) is 39.0 Å². The lowest BCUT2D eigenvalue weighted by atomic mass is 10.0. The van der Waals surface area contributed by atoms with Crippen molar-refractivity contribution >= 4 is 11.0 Å². The zero-order chi connectivity index (χ0) is 15.4. The summed E-state index contributed by atoms with van der Waals surface area (Å²) in [6.45, 7) is 9.10. The summed E-state index contributed by atoms with van der Waals surface area (Å²) in [4.78, 5) is 0. The van der Waals surface area contributed by atoms with Crippen LogP contribution in [0.2, 0.25) is 0 Å². The summed E-state index contributed by atoms with van der Waals surface area (Å²) in [6, 6.07) is 8.28. The van der Waals surface area contributed by atoms with Gasteiger partial charge in [0.15, 0.2) is 0 Å². The second-order valence-electron chi connectivity index (χ2n) is 6.21. The molecule has 2 rings (SSSR count). The monoisotopic (exact) mass is 289 g/mol. The predicted molar refractivity (Wildman–Crippen MR) is 87.5 cm³/mol. The van der Waals surface area contributed by atoms with E-state index in [0.29, 0.717) is 12.5 Å². The lowest BCUT2D eigenvalue weighted by molar-refractivity contribution is 0.142. The Kier molecular flexibility index (Phi) is 5.43. The fraction of sp³-hybridized carbons (Fsp3) is 0.556. The number of furan rings is 1. The van der Waals surface area contributed by atoms with E-state index in [1.54, 1.807) is 0 Å². The first-order valence-electron chi connectivity index (χ1n) is 7.94. The summed E-state index contributed by atoms with van der Waals surface area (Å²) in [5, 5.41) is 14.6. The molecule has 0 bridgehead atoms. The van der Waals surface area contributed by atoms with Gasteiger partial charge in [-0.05, 0) is 31.7 Å². The zero-order valence-corrected chi connectivity index (χ0v) is 13.5. The van der Waals surface area contributed by atoms with Crippen molar-refractivity contribution in [3.63, 3.8) is 0 Å². The van der Waals surface area contributed by atoms with Gasteiger partial charge >= 0.3 is 0 Å². The molecular formula is C18H27NO2. The third-order valence-corrected chi connectivity index (χ3v) is 3.88. The van der Waals surface area contributed by atoms with Gasteiger partial charge in [0.25, 0.3) is 0 Å². The quantitative estimate of drug-likeness (QED) is 0.808. The molecule has 21 heavy (non-hydrogen) atoms. The number of rotatable bonds is 7. The van der Waals surface area contributed by atoms with Gasteiger partial charge in [-0.3, -0.25) is 0 Å². The van der Waals surface area contributed by atoms with Crippen LogP contribution in [0.1, 0.15) is 51.5 Å². The van der Waals surface area contributed by atoms with Crippen LogP contribution in [-0.4, -0.2) is 17.8 Å². The normalized spacial score (nSPS) is 14.8. The number of para-hydroxylation sites is 1. The molecule has 0 saturated heterocycles. The minimum atomic E-state index is -0.304. The Labute approximate surface area is 127 Å². The summed E-state index contributed by atoms with van der Waals surface area (Å²) in [5.74, 6) is 1.50. The average Bonchev–Trinajstić information content (AvgIpc) is 2.82. The highest BCUT2D eigenvalue weighted by atomic mass is 16.3. The van der Waals surface area contributed by atoms with E-state index in [1.807, 2.05) is 18.2 Å². The summed E-state index contributed by atoms with van der Waals surface area (Å²) in [5.41, 5.74) is 2.21. The summed E-state index contributed by atoms with van der Waals surface area (Å²) in [6.07, 6.45) is 1.47. The molecule has 3 heteroatoms. The highest BCUT2D eigenvalue weighted by molar-refractivity contribution is 5.82. The maximum atomic E-state index is 9.99. The topological polar surface area (TPSA) is 45.4 Å². The minimum absolute atomic E-state index is 0.106. The van der Waals surface area contributed by atoms with Crippen LogP contribution in [0.25, 0.3) is 11.0 Å². The number of aliphatic hydroxyl groups is 1. The molecular weight excluding hydrogens is 262 g/mol. The molecule has 2 N–H and O–H groups in total. The molecule has 0 aliphatic carbocycles. The number of fused-ring (bicyclic) bond motifs is 1. The molecule has 1 aromatic carbocycles. The third kappa shape index (κ3) is 3.86. The van der Waals surface area contributed by atoms with Crippen LogP contribution < -0.4 is 5.32 Å². The molecule has 0 aliphatic heterocycles. The van der Waals surface area contributed by atoms with E-state index in [1.165, 1.54) is 10.9 Å². The Hall–Kier alpha value is -1.32. The first-order chi connectivity index (χ1) is 10.0. The van der Waals surface area contributed by atoms with Crippen LogP contribution in [0.3, 0.4) is 0 Å². The molecule has 1 aromatic heterocycles. The molecule has 0 spiro atoms. The van der Waals surface area contributed by atoms with Crippen molar-refractivity contribution in [3.8, 4) is 0 Å². The highest BCUT2D eigenvalue weighted by Gasteiger charge is 2.18. The van der Waals surface area contributed by atoms with Crippen LogP contribution in [0.15, 0.2) is 28.7 Å². The lowest BCUT2D eigenvalue weighted by Crippen LogP contribution is -2.30. The van der Waals surface area contributed by atoms with Gasteiger partial charge in [-0.2, -0.15) is 0 Å². The maximum absolute atomic E-state index is 9.99. The van der Waals surface area contributed by atoms with Crippen LogP contribution in [0.4, 0.5) is 0 Å². The van der Waals surface area contributed by atoms with Crippen molar-refractivity contribution in [2.24, 2.45) is 5.92 Å². The molecule has 0 amide bonds. The molecule has 2 unspecified atom stereocenters. The predicted octanol–water partition coefficient (Wildman–Crippen LogP) is 4.05. The van der Waals surface area contributed by atoms with Crippen LogP contribution in [0.5, 0.6) is 0 Å². The molecule has 0 aliphatic rings. The van der Waals surface area contributed by atoms with Crippen molar-refractivity contribution in [3.05, 3.63) is 35.6 Å². The largest absolute Gasteiger partial charge is 0.459 e. The minimum Gasteiger partial charge on any atom is -0.459 e. The molecule has 116 valence electrons. The van der Waals surface area contributed by atoms with Gasteiger partial charge in [0.2, 0.25) is 0 Å². The van der Waals surface area contributed by atoms with E-state index in [4.69, 9.17) is 4.42 Å². The average molecular weight is 289 g/mol. The number of nitrogens with one attached hydrogen (secondary N) is 1. The Morgan fingerprint density at radius 1 is 1.19 bits per heavy atom. The molecule has 0 radical (unpaired) electrons. The zero-order valence-electron chi connectivity index (χ0n) is 13.5. The Balaban J connectivity index is 2.10. The van der Waals surface area contributed by atoms with Crippen LogP contribution in [0, 0.1) is 5.92 Å². The second-order valence-corrected chi connectivity index (χ2v) is 6.21. The molecule has 2 atom stereocenters. The molecule has 2 aromatic rings. The maximum Gasteiger partial charge on any atom is 0.134 e. The van der Waals surface area contributed by atoms with Crippen molar-refractivity contribution in [2.75, 3.05) is 6.54 Å². The summed E-state index contributed by atoms with van der Waals surface area (Å²) >= 11 is 0. The van der Waals surface area contributed by atoms with Gasteiger partial charge in [0, 0.05) is 17.5 Å². The standard InChI is InChI=1S/C18H27NO2/c1-5-15-16-8-6-7-9-17(16)21-18(15)13(4)19-11-14(20)10-12(2)3/h6-9,12-14,19-20H,5,10-11H2,1-4H3. The van der Waals surface area contributed by atoms with E-state index >= 15 is 0 Å². The van der Waals surface area contributed by atoms with Crippen molar-refractivity contribution in [1.29, 1.82) is 0 Å². The van der Waals surface area contributed by atoms with Gasteiger partial charge in [0.1, 0.15) is 11.3 Å². The van der Waals surface area contributed by atoms with Crippen molar-refractivity contribution < 1.29 is 9.52 Å². The van der Waals surface area contributed by atoms with Crippen molar-refractivity contribution in [2.45, 2.75) is 52.7 Å². The van der Waals surface area contributed by atoms with Gasteiger partial charge in [-0.25, -0.2) is 0 Å². The van der Waals surface area contributed by atoms with Crippen LogP contribution >= 0.6 is 0 Å². The Bertz CT molecular complexity index is 574. The van der Waals surface area contributed by atoms with E-state index in [2.05, 4.69) is 39.1 Å². The molecule has 0 fully saturated rings. The smallest absolute Gasteiger partial charge is 0.134 e. The lowest BCUT2D eigenvalue weighted by Gasteiger charge is -2.18. The van der Waals surface area contributed by atoms with Gasteiger partial charge < -0.3 is 14.8 Å².